The number of hydrogen-bond donors (Lipinski definition) is 1. The molecule has 114 valence electrons. The maximum Gasteiger partial charge on any atom is 0.261 e. The predicted molar refractivity (Wildman–Crippen MR) is 91.9 cm³/mol. The van der Waals surface area contributed by atoms with Gasteiger partial charge < -0.3 is 5.32 Å². The van der Waals surface area contributed by atoms with Crippen molar-refractivity contribution in [2.24, 2.45) is 0 Å². The molecule has 2 heterocycles. The molecule has 1 aromatic heterocycles. The van der Waals surface area contributed by atoms with Crippen LogP contribution in [0.3, 0.4) is 0 Å². The van der Waals surface area contributed by atoms with Crippen LogP contribution >= 0.6 is 9.24 Å². The Hall–Kier alpha value is -1.25. The van der Waals surface area contributed by atoms with Gasteiger partial charge in [0.15, 0.2) is 0 Å². The third kappa shape index (κ3) is 4.62. The van der Waals surface area contributed by atoms with E-state index in [1.807, 2.05) is 31.2 Å². The molecule has 0 aliphatic carbocycles. The Balaban J connectivity index is 0.000000194. The minimum Gasteiger partial charge on any atom is -0.316 e. The molecule has 21 heavy (non-hydrogen) atoms. The Kier molecular flexibility index (Phi) is 6.34. The van der Waals surface area contributed by atoms with Crippen LogP contribution in [0.4, 0.5) is 0 Å². The summed E-state index contributed by atoms with van der Waals surface area (Å²) in [5.74, 6) is 0. The number of aryl methyl sites for hydroxylation is 1. The highest BCUT2D eigenvalue weighted by Crippen LogP contribution is 2.09. The molecule has 0 spiro atoms. The van der Waals surface area contributed by atoms with E-state index >= 15 is 0 Å². The minimum absolute atomic E-state index is 0.0532. The number of piperidine rings is 1. The van der Waals surface area contributed by atoms with Crippen molar-refractivity contribution in [2.45, 2.75) is 38.4 Å². The second-order valence-corrected chi connectivity index (χ2v) is 6.31. The first-order chi connectivity index (χ1) is 10.2. The van der Waals surface area contributed by atoms with Crippen LogP contribution in [0.5, 0.6) is 0 Å². The van der Waals surface area contributed by atoms with Gasteiger partial charge in [0.2, 0.25) is 0 Å². The summed E-state index contributed by atoms with van der Waals surface area (Å²) >= 11 is 0. The molecule has 1 aliphatic rings. The van der Waals surface area contributed by atoms with Gasteiger partial charge in [-0.05, 0) is 43.6 Å². The average Bonchev–Trinajstić information content (AvgIpc) is 2.52. The first kappa shape index (κ1) is 16.1. The summed E-state index contributed by atoms with van der Waals surface area (Å²) < 4.78 is 1.66. The second kappa shape index (κ2) is 8.26. The van der Waals surface area contributed by atoms with Gasteiger partial charge >= 0.3 is 0 Å². The van der Waals surface area contributed by atoms with Crippen LogP contribution in [0.25, 0.3) is 10.9 Å². The van der Waals surface area contributed by atoms with Crippen LogP contribution in [0.15, 0.2) is 35.4 Å². The molecule has 2 atom stereocenters. The van der Waals surface area contributed by atoms with E-state index in [2.05, 4.69) is 19.5 Å². The molecule has 0 bridgehead atoms. The van der Waals surface area contributed by atoms with E-state index in [4.69, 9.17) is 0 Å². The molecule has 1 fully saturated rings. The van der Waals surface area contributed by atoms with Crippen molar-refractivity contribution >= 4 is 20.1 Å². The van der Waals surface area contributed by atoms with E-state index in [1.165, 1.54) is 25.9 Å². The third-order valence-corrected chi connectivity index (χ3v) is 4.10. The SMILES string of the molecule is CCCn1cnc2ccccc2c1=O.PC1CCCNC1. The summed E-state index contributed by atoms with van der Waals surface area (Å²) in [6.07, 6.45) is 5.31. The fourth-order valence-corrected chi connectivity index (χ4v) is 2.79. The van der Waals surface area contributed by atoms with E-state index < -0.39 is 0 Å². The van der Waals surface area contributed by atoms with Crippen LogP contribution in [-0.4, -0.2) is 28.3 Å². The zero-order valence-electron chi connectivity index (χ0n) is 12.6. The molecule has 5 heteroatoms. The zero-order valence-corrected chi connectivity index (χ0v) is 13.7. The summed E-state index contributed by atoms with van der Waals surface area (Å²) in [5.41, 5.74) is 1.66. The Bertz CT molecular complexity index is 620. The van der Waals surface area contributed by atoms with Gasteiger partial charge in [-0.1, -0.05) is 19.1 Å². The number of nitrogens with zero attached hydrogens (tertiary/aromatic N) is 2. The lowest BCUT2D eigenvalue weighted by Gasteiger charge is -2.17. The largest absolute Gasteiger partial charge is 0.316 e. The molecule has 1 aliphatic heterocycles. The third-order valence-electron chi connectivity index (χ3n) is 3.53. The average molecular weight is 305 g/mol. The van der Waals surface area contributed by atoms with E-state index in [0.29, 0.717) is 5.39 Å². The lowest BCUT2D eigenvalue weighted by atomic mass is 10.2. The van der Waals surface area contributed by atoms with E-state index in [-0.39, 0.29) is 5.56 Å². The topological polar surface area (TPSA) is 46.9 Å². The Morgan fingerprint density at radius 3 is 2.86 bits per heavy atom. The Labute approximate surface area is 128 Å². The van der Waals surface area contributed by atoms with Gasteiger partial charge in [0.25, 0.3) is 5.56 Å². The number of rotatable bonds is 2. The van der Waals surface area contributed by atoms with Crippen LogP contribution in [0.1, 0.15) is 26.2 Å². The van der Waals surface area contributed by atoms with E-state index in [9.17, 15) is 4.79 Å². The van der Waals surface area contributed by atoms with Crippen molar-refractivity contribution in [1.82, 2.24) is 14.9 Å². The molecule has 0 amide bonds. The summed E-state index contributed by atoms with van der Waals surface area (Å²) in [5, 5.41) is 4.01. The molecule has 0 radical (unpaired) electrons. The maximum absolute atomic E-state index is 11.8. The Morgan fingerprint density at radius 1 is 1.43 bits per heavy atom. The number of fused-ring (bicyclic) bond motifs is 1. The van der Waals surface area contributed by atoms with Crippen LogP contribution < -0.4 is 10.9 Å². The summed E-state index contributed by atoms with van der Waals surface area (Å²) in [7, 11) is 2.84. The summed E-state index contributed by atoms with van der Waals surface area (Å²) in [6, 6.07) is 7.42. The standard InChI is InChI=1S/C11H12N2O.C5H12NP/c1-2-7-13-8-12-10-6-4-3-5-9(10)11(13)14;7-5-2-1-3-6-4-5/h3-6,8H,2,7H2,1H3;5-6H,1-4,7H2. The monoisotopic (exact) mass is 305 g/mol. The molecule has 1 N–H and O–H groups in total. The second-order valence-electron chi connectivity index (χ2n) is 5.37. The molecule has 0 saturated carbocycles. The van der Waals surface area contributed by atoms with Gasteiger partial charge in [0.1, 0.15) is 0 Å². The van der Waals surface area contributed by atoms with Crippen molar-refractivity contribution in [3.05, 3.63) is 40.9 Å². The van der Waals surface area contributed by atoms with Gasteiger partial charge in [-0.3, -0.25) is 9.36 Å². The van der Waals surface area contributed by atoms with Crippen molar-refractivity contribution < 1.29 is 0 Å². The Morgan fingerprint density at radius 2 is 2.24 bits per heavy atom. The van der Waals surface area contributed by atoms with Crippen molar-refractivity contribution in [2.75, 3.05) is 13.1 Å². The van der Waals surface area contributed by atoms with Gasteiger partial charge in [0.05, 0.1) is 17.2 Å². The fraction of sp³-hybridized carbons (Fsp3) is 0.500. The number of aromatic nitrogens is 2. The minimum atomic E-state index is 0.0532. The summed E-state index contributed by atoms with van der Waals surface area (Å²) in [6.45, 7) is 5.20. The van der Waals surface area contributed by atoms with Crippen LogP contribution in [-0.2, 0) is 6.54 Å². The van der Waals surface area contributed by atoms with Crippen molar-refractivity contribution in [3.63, 3.8) is 0 Å². The highest BCUT2D eigenvalue weighted by atomic mass is 31.0. The van der Waals surface area contributed by atoms with Crippen LogP contribution in [0.2, 0.25) is 0 Å². The normalized spacial score (nSPS) is 18.1. The first-order valence-electron chi connectivity index (χ1n) is 7.63. The number of benzene rings is 1. The number of nitrogens with one attached hydrogen (secondary N) is 1. The molecule has 4 nitrogen and oxygen atoms in total. The van der Waals surface area contributed by atoms with Gasteiger partial charge in [-0.2, -0.15) is 0 Å². The predicted octanol–water partition coefficient (Wildman–Crippen LogP) is 2.42. The smallest absolute Gasteiger partial charge is 0.261 e. The number of para-hydroxylation sites is 1. The highest BCUT2D eigenvalue weighted by molar-refractivity contribution is 7.17. The highest BCUT2D eigenvalue weighted by Gasteiger charge is 2.05. The lowest BCUT2D eigenvalue weighted by molar-refractivity contribution is 0.531. The molecular weight excluding hydrogens is 281 g/mol. The molecule has 3 rings (SSSR count). The molecule has 2 unspecified atom stereocenters. The van der Waals surface area contributed by atoms with Gasteiger partial charge in [0, 0.05) is 13.1 Å². The molecule has 1 saturated heterocycles. The first-order valence-corrected chi connectivity index (χ1v) is 8.29. The maximum atomic E-state index is 11.8. The zero-order chi connectivity index (χ0) is 15.1. The van der Waals surface area contributed by atoms with E-state index in [0.717, 1.165) is 24.1 Å². The molecule has 2 aromatic rings. The molecular formula is C16H24N3OP. The van der Waals surface area contributed by atoms with Crippen LogP contribution in [0, 0.1) is 0 Å². The lowest BCUT2D eigenvalue weighted by Crippen LogP contribution is -2.29. The van der Waals surface area contributed by atoms with Gasteiger partial charge in [-0.15, -0.1) is 9.24 Å². The van der Waals surface area contributed by atoms with Crippen molar-refractivity contribution in [3.8, 4) is 0 Å². The number of hydrogen-bond acceptors (Lipinski definition) is 3. The van der Waals surface area contributed by atoms with Crippen molar-refractivity contribution in [1.29, 1.82) is 0 Å². The van der Waals surface area contributed by atoms with Gasteiger partial charge in [-0.25, -0.2) is 4.98 Å². The quantitative estimate of drug-likeness (QED) is 0.867. The molecule has 1 aromatic carbocycles. The summed E-state index contributed by atoms with van der Waals surface area (Å²) in [4.78, 5) is 16.1. The van der Waals surface area contributed by atoms with E-state index in [1.54, 1.807) is 10.9 Å². The fourth-order valence-electron chi connectivity index (χ4n) is 2.39.